The van der Waals surface area contributed by atoms with Crippen molar-refractivity contribution in [2.24, 2.45) is 5.10 Å². The predicted molar refractivity (Wildman–Crippen MR) is 121 cm³/mol. The van der Waals surface area contributed by atoms with Crippen LogP contribution in [0.15, 0.2) is 83.6 Å². The van der Waals surface area contributed by atoms with Crippen LogP contribution in [-0.4, -0.2) is 24.8 Å². The molecule has 0 saturated carbocycles. The molecule has 0 radical (unpaired) electrons. The summed E-state index contributed by atoms with van der Waals surface area (Å²) in [4.78, 5) is 25.5. The second kappa shape index (κ2) is 9.61. The van der Waals surface area contributed by atoms with Gasteiger partial charge in [-0.25, -0.2) is 5.43 Å². The number of fused-ring (bicyclic) bond motifs is 1. The zero-order chi connectivity index (χ0) is 22.3. The summed E-state index contributed by atoms with van der Waals surface area (Å²) in [6.07, 6.45) is 3.12. The van der Waals surface area contributed by atoms with Crippen LogP contribution in [0.25, 0.3) is 6.08 Å². The normalized spacial score (nSPS) is 12.6. The number of nitrogens with zero attached hydrogens (tertiary/aromatic N) is 1. The number of hydrogen-bond donors (Lipinski definition) is 2. The molecule has 3 aromatic carbocycles. The van der Waals surface area contributed by atoms with Crippen molar-refractivity contribution in [2.45, 2.75) is 6.92 Å². The Bertz CT molecular complexity index is 1200. The van der Waals surface area contributed by atoms with E-state index in [1.807, 2.05) is 37.3 Å². The number of nitrogens with one attached hydrogen (secondary N) is 2. The summed E-state index contributed by atoms with van der Waals surface area (Å²) in [6.45, 7) is 2.10. The van der Waals surface area contributed by atoms with Crippen molar-refractivity contribution in [1.29, 1.82) is 0 Å². The molecule has 2 amide bonds. The Labute approximate surface area is 185 Å². The fourth-order valence-corrected chi connectivity index (χ4v) is 3.06. The molecule has 1 heterocycles. The molecular formula is C25H21N3O4. The molecule has 0 aromatic heterocycles. The zero-order valence-electron chi connectivity index (χ0n) is 17.4. The summed E-state index contributed by atoms with van der Waals surface area (Å²) in [5.41, 5.74) is 5.52. The van der Waals surface area contributed by atoms with Crippen molar-refractivity contribution in [2.75, 3.05) is 6.79 Å². The highest BCUT2D eigenvalue weighted by atomic mass is 16.7. The predicted octanol–water partition coefficient (Wildman–Crippen LogP) is 3.64. The summed E-state index contributed by atoms with van der Waals surface area (Å²) in [5.74, 6) is 0.238. The largest absolute Gasteiger partial charge is 0.454 e. The molecule has 0 bridgehead atoms. The van der Waals surface area contributed by atoms with Gasteiger partial charge < -0.3 is 14.8 Å². The highest BCUT2D eigenvalue weighted by Crippen LogP contribution is 2.33. The number of amides is 2. The fourth-order valence-electron chi connectivity index (χ4n) is 3.06. The van der Waals surface area contributed by atoms with Crippen molar-refractivity contribution in [3.63, 3.8) is 0 Å². The first-order valence-corrected chi connectivity index (χ1v) is 9.97. The van der Waals surface area contributed by atoms with Crippen LogP contribution >= 0.6 is 0 Å². The number of carbonyl (C=O) groups excluding carboxylic acids is 2. The summed E-state index contributed by atoms with van der Waals surface area (Å²) in [7, 11) is 0. The third-order valence-electron chi connectivity index (χ3n) is 4.79. The number of hydrazone groups is 1. The molecule has 3 aromatic rings. The van der Waals surface area contributed by atoms with Crippen molar-refractivity contribution < 1.29 is 19.1 Å². The Morgan fingerprint density at radius 3 is 2.50 bits per heavy atom. The van der Waals surface area contributed by atoms with Gasteiger partial charge in [-0.15, -0.1) is 0 Å². The molecule has 32 heavy (non-hydrogen) atoms. The summed E-state index contributed by atoms with van der Waals surface area (Å²) >= 11 is 0. The molecular weight excluding hydrogens is 406 g/mol. The fraction of sp³-hybridized carbons (Fsp3) is 0.0800. The number of rotatable bonds is 6. The Kier molecular flexibility index (Phi) is 6.27. The molecule has 0 fully saturated rings. The van der Waals surface area contributed by atoms with Crippen LogP contribution in [0.2, 0.25) is 0 Å². The van der Waals surface area contributed by atoms with Crippen molar-refractivity contribution in [1.82, 2.24) is 10.7 Å². The van der Waals surface area contributed by atoms with Crippen molar-refractivity contribution >= 4 is 24.1 Å². The van der Waals surface area contributed by atoms with Gasteiger partial charge in [-0.2, -0.15) is 5.10 Å². The standard InChI is InChI=1S/C25H21N3O4/c1-17-7-5-6-10-20(17)15-26-28-25(30)21(27-24(29)19-8-3-2-4-9-19)13-18-11-12-22-23(14-18)32-16-31-22/h2-15H,16H2,1H3,(H,27,29)(H,28,30)/b21-13+,26-15+. The van der Waals surface area contributed by atoms with Crippen LogP contribution in [0.4, 0.5) is 0 Å². The molecule has 1 aliphatic heterocycles. The Morgan fingerprint density at radius 1 is 0.938 bits per heavy atom. The molecule has 0 aliphatic carbocycles. The molecule has 4 rings (SSSR count). The van der Waals surface area contributed by atoms with E-state index in [4.69, 9.17) is 9.47 Å². The lowest BCUT2D eigenvalue weighted by molar-refractivity contribution is -0.117. The first-order valence-electron chi connectivity index (χ1n) is 9.97. The maximum Gasteiger partial charge on any atom is 0.287 e. The van der Waals surface area contributed by atoms with Gasteiger partial charge in [-0.05, 0) is 54.0 Å². The lowest BCUT2D eigenvalue weighted by Crippen LogP contribution is -2.32. The molecule has 0 spiro atoms. The number of hydrogen-bond acceptors (Lipinski definition) is 5. The van der Waals surface area contributed by atoms with E-state index < -0.39 is 11.8 Å². The molecule has 0 saturated heterocycles. The monoisotopic (exact) mass is 427 g/mol. The van der Waals surface area contributed by atoms with E-state index in [1.165, 1.54) is 0 Å². The van der Waals surface area contributed by atoms with E-state index in [-0.39, 0.29) is 12.5 Å². The minimum Gasteiger partial charge on any atom is -0.454 e. The minimum atomic E-state index is -0.559. The average Bonchev–Trinajstić information content (AvgIpc) is 3.28. The van der Waals surface area contributed by atoms with Crippen LogP contribution in [-0.2, 0) is 4.79 Å². The lowest BCUT2D eigenvalue weighted by Gasteiger charge is -2.09. The van der Waals surface area contributed by atoms with Gasteiger partial charge in [0.1, 0.15) is 5.70 Å². The smallest absolute Gasteiger partial charge is 0.287 e. The summed E-state index contributed by atoms with van der Waals surface area (Å²) in [5, 5.41) is 6.71. The molecule has 2 N–H and O–H groups in total. The molecule has 160 valence electrons. The Hall–Kier alpha value is -4.39. The summed E-state index contributed by atoms with van der Waals surface area (Å²) in [6, 6.07) is 21.6. The van der Waals surface area contributed by atoms with Gasteiger partial charge in [-0.1, -0.05) is 48.5 Å². The lowest BCUT2D eigenvalue weighted by atomic mass is 10.1. The van der Waals surface area contributed by atoms with Gasteiger partial charge in [0.25, 0.3) is 11.8 Å². The van der Waals surface area contributed by atoms with E-state index in [9.17, 15) is 9.59 Å². The highest BCUT2D eigenvalue weighted by molar-refractivity contribution is 6.05. The molecule has 0 unspecified atom stereocenters. The number of benzene rings is 3. The molecule has 7 heteroatoms. The average molecular weight is 427 g/mol. The van der Waals surface area contributed by atoms with Gasteiger partial charge >= 0.3 is 0 Å². The number of aryl methyl sites for hydroxylation is 1. The minimum absolute atomic E-state index is 0.0413. The van der Waals surface area contributed by atoms with E-state index in [0.29, 0.717) is 22.6 Å². The van der Waals surface area contributed by atoms with Crippen LogP contribution in [0.3, 0.4) is 0 Å². The Morgan fingerprint density at radius 2 is 1.69 bits per heavy atom. The molecule has 7 nitrogen and oxygen atoms in total. The van der Waals surface area contributed by atoms with Crippen LogP contribution in [0, 0.1) is 6.92 Å². The Balaban J connectivity index is 1.57. The second-order valence-electron chi connectivity index (χ2n) is 7.05. The second-order valence-corrected chi connectivity index (χ2v) is 7.05. The molecule has 0 atom stereocenters. The van der Waals surface area contributed by atoms with Gasteiger partial charge in [0.15, 0.2) is 11.5 Å². The third kappa shape index (κ3) is 5.02. The highest BCUT2D eigenvalue weighted by Gasteiger charge is 2.16. The van der Waals surface area contributed by atoms with Gasteiger partial charge in [-0.3, -0.25) is 9.59 Å². The van der Waals surface area contributed by atoms with E-state index >= 15 is 0 Å². The van der Waals surface area contributed by atoms with E-state index in [1.54, 1.807) is 54.8 Å². The quantitative estimate of drug-likeness (QED) is 0.357. The first kappa shape index (κ1) is 20.9. The van der Waals surface area contributed by atoms with Crippen LogP contribution in [0.1, 0.15) is 27.0 Å². The van der Waals surface area contributed by atoms with E-state index in [2.05, 4.69) is 15.8 Å². The van der Waals surface area contributed by atoms with Crippen molar-refractivity contribution in [3.05, 3.63) is 101 Å². The topological polar surface area (TPSA) is 89.0 Å². The SMILES string of the molecule is Cc1ccccc1/C=N/NC(=O)/C(=C\c1ccc2c(c1)OCO2)NC(=O)c1ccccc1. The zero-order valence-corrected chi connectivity index (χ0v) is 17.4. The summed E-state index contributed by atoms with van der Waals surface area (Å²) < 4.78 is 10.7. The first-order chi connectivity index (χ1) is 15.6. The maximum atomic E-state index is 12.9. The van der Waals surface area contributed by atoms with E-state index in [0.717, 1.165) is 11.1 Å². The number of carbonyl (C=O) groups is 2. The van der Waals surface area contributed by atoms with Crippen LogP contribution < -0.4 is 20.2 Å². The molecule has 1 aliphatic rings. The third-order valence-corrected chi connectivity index (χ3v) is 4.79. The van der Waals surface area contributed by atoms with Gasteiger partial charge in [0.2, 0.25) is 6.79 Å². The van der Waals surface area contributed by atoms with Gasteiger partial charge in [0, 0.05) is 5.56 Å². The number of ether oxygens (including phenoxy) is 2. The van der Waals surface area contributed by atoms with Crippen molar-refractivity contribution in [3.8, 4) is 11.5 Å². The van der Waals surface area contributed by atoms with Crippen LogP contribution in [0.5, 0.6) is 11.5 Å². The van der Waals surface area contributed by atoms with Gasteiger partial charge in [0.05, 0.1) is 6.21 Å². The maximum absolute atomic E-state index is 12.9.